The minimum absolute atomic E-state index is 0.207. The zero-order chi connectivity index (χ0) is 24.0. The summed E-state index contributed by atoms with van der Waals surface area (Å²) in [7, 11) is 0. The van der Waals surface area contributed by atoms with Crippen LogP contribution >= 0.6 is 23.2 Å². The summed E-state index contributed by atoms with van der Waals surface area (Å²) >= 11 is 12.9. The molecule has 2 saturated carbocycles. The lowest BCUT2D eigenvalue weighted by atomic mass is 9.93. The summed E-state index contributed by atoms with van der Waals surface area (Å²) < 4.78 is 17.6. The van der Waals surface area contributed by atoms with Crippen molar-refractivity contribution in [2.45, 2.75) is 64.6 Å². The average molecular weight is 507 g/mol. The van der Waals surface area contributed by atoms with E-state index in [1.165, 1.54) is 0 Å². The largest absolute Gasteiger partial charge is 0.444 e. The van der Waals surface area contributed by atoms with Gasteiger partial charge in [-0.15, -0.1) is 0 Å². The first kappa shape index (κ1) is 24.0. The lowest BCUT2D eigenvalue weighted by Gasteiger charge is -2.25. The normalized spacial score (nSPS) is 24.5. The minimum Gasteiger partial charge on any atom is -0.444 e. The second-order valence-corrected chi connectivity index (χ2v) is 11.7. The minimum atomic E-state index is -0.475. The summed E-state index contributed by atoms with van der Waals surface area (Å²) in [5.41, 5.74) is 1.86. The number of carbonyl (C=O) groups excluding carboxylic acids is 1. The molecule has 3 aliphatic rings. The van der Waals surface area contributed by atoms with Crippen molar-refractivity contribution < 1.29 is 18.8 Å². The third-order valence-corrected chi connectivity index (χ3v) is 7.83. The highest BCUT2D eigenvalue weighted by Crippen LogP contribution is 2.47. The van der Waals surface area contributed by atoms with Gasteiger partial charge in [0.25, 0.3) is 0 Å². The van der Waals surface area contributed by atoms with E-state index in [4.69, 9.17) is 37.2 Å². The maximum atomic E-state index is 12.5. The molecule has 1 amide bonds. The molecule has 1 aromatic heterocycles. The molecule has 0 N–H and O–H groups in total. The smallest absolute Gasteiger partial charge is 0.410 e. The first-order chi connectivity index (χ1) is 16.2. The van der Waals surface area contributed by atoms with Crippen LogP contribution < -0.4 is 0 Å². The van der Waals surface area contributed by atoms with Crippen molar-refractivity contribution >= 4 is 29.3 Å². The van der Waals surface area contributed by atoms with Crippen molar-refractivity contribution in [1.82, 2.24) is 10.1 Å². The zero-order valence-electron chi connectivity index (χ0n) is 20.0. The van der Waals surface area contributed by atoms with Gasteiger partial charge in [-0.3, -0.25) is 0 Å². The number of amides is 1. The van der Waals surface area contributed by atoms with Crippen molar-refractivity contribution in [3.8, 4) is 11.3 Å². The number of carbonyl (C=O) groups is 1. The van der Waals surface area contributed by atoms with Gasteiger partial charge in [0.1, 0.15) is 17.1 Å². The Morgan fingerprint density at radius 2 is 1.88 bits per heavy atom. The third kappa shape index (κ3) is 4.95. The molecule has 1 aromatic carbocycles. The monoisotopic (exact) mass is 506 g/mol. The fourth-order valence-electron chi connectivity index (χ4n) is 5.42. The fourth-order valence-corrected chi connectivity index (χ4v) is 6.00. The number of nitrogens with zero attached hydrogens (tertiary/aromatic N) is 2. The highest BCUT2D eigenvalue weighted by molar-refractivity contribution is 6.39. The predicted octanol–water partition coefficient (Wildman–Crippen LogP) is 6.94. The van der Waals surface area contributed by atoms with Crippen LogP contribution in [0.25, 0.3) is 11.3 Å². The highest BCUT2D eigenvalue weighted by atomic mass is 35.5. The maximum Gasteiger partial charge on any atom is 0.410 e. The topological polar surface area (TPSA) is 64.8 Å². The van der Waals surface area contributed by atoms with Crippen molar-refractivity contribution in [1.29, 1.82) is 0 Å². The Labute approximate surface area is 210 Å². The van der Waals surface area contributed by atoms with Crippen LogP contribution in [0.3, 0.4) is 0 Å². The SMILES string of the molecule is CC(C)(C)OC(=O)N1C[C@H]2CC[C@H](COCc3c(-c4c(Cl)cccc4Cl)noc3C3CC3)[C@H]2C1. The van der Waals surface area contributed by atoms with Gasteiger partial charge in [-0.05, 0) is 76.3 Å². The van der Waals surface area contributed by atoms with Gasteiger partial charge < -0.3 is 18.9 Å². The van der Waals surface area contributed by atoms with Gasteiger partial charge >= 0.3 is 6.09 Å². The zero-order valence-corrected chi connectivity index (χ0v) is 21.5. The molecule has 2 aromatic rings. The summed E-state index contributed by atoms with van der Waals surface area (Å²) in [5, 5.41) is 5.45. The predicted molar refractivity (Wildman–Crippen MR) is 131 cm³/mol. The van der Waals surface area contributed by atoms with Crippen molar-refractivity contribution in [3.63, 3.8) is 0 Å². The molecule has 5 rings (SSSR count). The Kier molecular flexibility index (Phi) is 6.60. The molecule has 3 atom stereocenters. The molecular formula is C26H32Cl2N2O4. The van der Waals surface area contributed by atoms with Gasteiger partial charge in [-0.2, -0.15) is 0 Å². The Balaban J connectivity index is 1.25. The molecule has 8 heteroatoms. The standard InChI is InChI=1S/C26H32Cl2N2O4/c1-26(2,3)33-25(31)30-11-16-9-10-17(18(16)12-30)13-32-14-19-23(29-34-24(19)15-7-8-15)22-20(27)5-4-6-21(22)28/h4-6,15-18H,7-14H2,1-3H3/t16-,17-,18+/m1/s1. The fraction of sp³-hybridized carbons (Fsp3) is 0.615. The van der Waals surface area contributed by atoms with Crippen LogP contribution in [0, 0.1) is 17.8 Å². The maximum absolute atomic E-state index is 12.5. The Morgan fingerprint density at radius 1 is 1.15 bits per heavy atom. The van der Waals surface area contributed by atoms with Crippen LogP contribution in [-0.2, 0) is 16.1 Å². The molecule has 1 saturated heterocycles. The second-order valence-electron chi connectivity index (χ2n) is 10.9. The van der Waals surface area contributed by atoms with Crippen molar-refractivity contribution in [2.75, 3.05) is 19.7 Å². The average Bonchev–Trinajstić information content (AvgIpc) is 3.20. The van der Waals surface area contributed by atoms with E-state index in [9.17, 15) is 4.79 Å². The molecule has 6 nitrogen and oxygen atoms in total. The van der Waals surface area contributed by atoms with Crippen LogP contribution in [0.4, 0.5) is 4.79 Å². The van der Waals surface area contributed by atoms with E-state index in [2.05, 4.69) is 5.16 Å². The van der Waals surface area contributed by atoms with Crippen LogP contribution in [0.2, 0.25) is 10.0 Å². The molecule has 1 aliphatic heterocycles. The van der Waals surface area contributed by atoms with E-state index < -0.39 is 5.60 Å². The molecule has 0 radical (unpaired) electrons. The van der Waals surface area contributed by atoms with Crippen LogP contribution in [0.15, 0.2) is 22.7 Å². The lowest BCUT2D eigenvalue weighted by Crippen LogP contribution is -2.36. The molecule has 2 heterocycles. The van der Waals surface area contributed by atoms with Gasteiger partial charge in [0.15, 0.2) is 0 Å². The molecule has 184 valence electrons. The quantitative estimate of drug-likeness (QED) is 0.424. The third-order valence-electron chi connectivity index (χ3n) is 7.20. The lowest BCUT2D eigenvalue weighted by molar-refractivity contribution is 0.0260. The van der Waals surface area contributed by atoms with Crippen molar-refractivity contribution in [2.24, 2.45) is 17.8 Å². The van der Waals surface area contributed by atoms with Crippen molar-refractivity contribution in [3.05, 3.63) is 39.6 Å². The Hall–Kier alpha value is -1.76. The number of hydrogen-bond acceptors (Lipinski definition) is 5. The second kappa shape index (κ2) is 9.36. The molecule has 0 unspecified atom stereocenters. The van der Waals surface area contributed by atoms with Gasteiger partial charge in [-0.25, -0.2) is 4.79 Å². The molecule has 0 spiro atoms. The van der Waals surface area contributed by atoms with Gasteiger partial charge in [-0.1, -0.05) is 34.4 Å². The number of benzene rings is 1. The number of rotatable bonds is 6. The summed E-state index contributed by atoms with van der Waals surface area (Å²) in [6.07, 6.45) is 4.25. The number of likely N-dealkylation sites (tertiary alicyclic amines) is 1. The van der Waals surface area contributed by atoms with Gasteiger partial charge in [0, 0.05) is 30.1 Å². The van der Waals surface area contributed by atoms with Crippen LogP contribution in [0.1, 0.15) is 63.7 Å². The molecule has 3 fully saturated rings. The van der Waals surface area contributed by atoms with Gasteiger partial charge in [0.2, 0.25) is 0 Å². The van der Waals surface area contributed by atoms with E-state index >= 15 is 0 Å². The molecular weight excluding hydrogens is 475 g/mol. The van der Waals surface area contributed by atoms with E-state index in [1.807, 2.05) is 43.9 Å². The van der Waals surface area contributed by atoms with Crippen LogP contribution in [-0.4, -0.2) is 41.4 Å². The first-order valence-electron chi connectivity index (χ1n) is 12.2. The first-order valence-corrected chi connectivity index (χ1v) is 13.0. The van der Waals surface area contributed by atoms with E-state index in [0.29, 0.717) is 58.2 Å². The molecule has 0 bridgehead atoms. The molecule has 2 aliphatic carbocycles. The number of fused-ring (bicyclic) bond motifs is 1. The van der Waals surface area contributed by atoms with E-state index in [1.54, 1.807) is 0 Å². The molecule has 34 heavy (non-hydrogen) atoms. The van der Waals surface area contributed by atoms with Crippen LogP contribution in [0.5, 0.6) is 0 Å². The number of hydrogen-bond donors (Lipinski definition) is 0. The Morgan fingerprint density at radius 3 is 2.56 bits per heavy atom. The summed E-state index contributed by atoms with van der Waals surface area (Å²) in [5.74, 6) is 2.70. The summed E-state index contributed by atoms with van der Waals surface area (Å²) in [4.78, 5) is 14.4. The van der Waals surface area contributed by atoms with Gasteiger partial charge in [0.05, 0.1) is 23.3 Å². The van der Waals surface area contributed by atoms with E-state index in [-0.39, 0.29) is 6.09 Å². The number of aromatic nitrogens is 1. The highest BCUT2D eigenvalue weighted by Gasteiger charge is 2.45. The summed E-state index contributed by atoms with van der Waals surface area (Å²) in [6.45, 7) is 8.30. The number of halogens is 2. The number of ether oxygens (including phenoxy) is 2. The summed E-state index contributed by atoms with van der Waals surface area (Å²) in [6, 6.07) is 5.45. The Bertz CT molecular complexity index is 1040. The van der Waals surface area contributed by atoms with E-state index in [0.717, 1.165) is 50.1 Å².